The van der Waals surface area contributed by atoms with Crippen molar-refractivity contribution in [3.63, 3.8) is 0 Å². The predicted octanol–water partition coefficient (Wildman–Crippen LogP) is 5.48. The molecule has 3 nitrogen and oxygen atoms in total. The maximum atomic E-state index is 13.2. The first-order valence-corrected chi connectivity index (χ1v) is 11.3. The maximum absolute atomic E-state index is 13.2. The molecule has 30 heavy (non-hydrogen) atoms. The molecular formula is C26H16N2OSe. The third-order valence-electron chi connectivity index (χ3n) is 5.91. The second-order valence-electron chi connectivity index (χ2n) is 7.94. The van der Waals surface area contributed by atoms with Gasteiger partial charge in [0.25, 0.3) is 0 Å². The Morgan fingerprint density at radius 1 is 1.07 bits per heavy atom. The molecule has 3 aromatic rings. The van der Waals surface area contributed by atoms with Crippen LogP contribution in [0.25, 0.3) is 27.6 Å². The zero-order valence-corrected chi connectivity index (χ0v) is 18.2. The van der Waals surface area contributed by atoms with Crippen molar-refractivity contribution in [3.8, 4) is 17.2 Å². The van der Waals surface area contributed by atoms with Gasteiger partial charge < -0.3 is 0 Å². The van der Waals surface area contributed by atoms with Gasteiger partial charge in [-0.05, 0) is 0 Å². The van der Waals surface area contributed by atoms with Crippen LogP contribution in [0.3, 0.4) is 0 Å². The fraction of sp³-hybridized carbons (Fsp3) is 0.115. The van der Waals surface area contributed by atoms with Crippen LogP contribution < -0.4 is 0 Å². The van der Waals surface area contributed by atoms with Gasteiger partial charge in [0.1, 0.15) is 0 Å². The molecule has 142 valence electrons. The molecule has 4 heteroatoms. The minimum absolute atomic E-state index is 0.0294. The van der Waals surface area contributed by atoms with E-state index >= 15 is 0 Å². The standard InChI is InChI=1S/C26H16N2OSe/c1-26(2)21-11-7-6-8-16(21)19-12-15(30-25(19)26)13-20-23(22(14-27)28-3)17-9-4-5-10-18(17)24(20)29/h4-13H,1-2H3/b20-13-,23-22-. The molecule has 0 saturated carbocycles. The number of Topliss-reactive ketones (excluding diaryl/α,β-unsaturated/α-hetero) is 1. The Balaban J connectivity index is 1.71. The number of benzene rings is 2. The number of hydrogen-bond donors (Lipinski definition) is 0. The Bertz CT molecular complexity index is 1390. The number of nitriles is 1. The van der Waals surface area contributed by atoms with E-state index in [1.165, 1.54) is 21.1 Å². The van der Waals surface area contributed by atoms with Gasteiger partial charge in [-0.25, -0.2) is 0 Å². The summed E-state index contributed by atoms with van der Waals surface area (Å²) >= 11 is 0.0793. The molecule has 0 radical (unpaired) electrons. The molecule has 2 aromatic carbocycles. The van der Waals surface area contributed by atoms with Gasteiger partial charge in [-0.1, -0.05) is 0 Å². The molecule has 5 rings (SSSR count). The Morgan fingerprint density at radius 3 is 2.43 bits per heavy atom. The molecule has 1 heterocycles. The summed E-state index contributed by atoms with van der Waals surface area (Å²) in [7, 11) is 0. The molecule has 1 aromatic heterocycles. The van der Waals surface area contributed by atoms with Crippen LogP contribution >= 0.6 is 0 Å². The van der Waals surface area contributed by atoms with Gasteiger partial charge in [-0.3, -0.25) is 0 Å². The topological polar surface area (TPSA) is 45.2 Å². The van der Waals surface area contributed by atoms with Crippen LogP contribution in [0.1, 0.15) is 44.2 Å². The van der Waals surface area contributed by atoms with Gasteiger partial charge in [0, 0.05) is 0 Å². The van der Waals surface area contributed by atoms with E-state index < -0.39 is 0 Å². The van der Waals surface area contributed by atoms with Gasteiger partial charge in [0.2, 0.25) is 0 Å². The number of rotatable bonds is 1. The van der Waals surface area contributed by atoms with Crippen molar-refractivity contribution in [3.05, 3.63) is 103 Å². The van der Waals surface area contributed by atoms with Crippen LogP contribution in [0.4, 0.5) is 0 Å². The molecule has 0 fully saturated rings. The van der Waals surface area contributed by atoms with Crippen LogP contribution in [-0.4, -0.2) is 20.3 Å². The summed E-state index contributed by atoms with van der Waals surface area (Å²) in [6.07, 6.45) is 1.91. The summed E-state index contributed by atoms with van der Waals surface area (Å²) in [5.74, 6) is -0.111. The third-order valence-corrected chi connectivity index (χ3v) is 8.85. The first-order chi connectivity index (χ1) is 14.5. The monoisotopic (exact) mass is 452 g/mol. The Kier molecular flexibility index (Phi) is 4.05. The average molecular weight is 451 g/mol. The molecule has 0 amide bonds. The molecule has 0 unspecified atom stereocenters. The summed E-state index contributed by atoms with van der Waals surface area (Å²) in [5, 5.41) is 9.51. The average Bonchev–Trinajstić information content (AvgIpc) is 3.36. The number of fused-ring (bicyclic) bond motifs is 4. The number of hydrogen-bond acceptors (Lipinski definition) is 2. The van der Waals surface area contributed by atoms with E-state index in [1.807, 2.05) is 30.3 Å². The van der Waals surface area contributed by atoms with Crippen molar-refractivity contribution in [2.24, 2.45) is 0 Å². The van der Waals surface area contributed by atoms with Gasteiger partial charge in [0.15, 0.2) is 0 Å². The fourth-order valence-electron chi connectivity index (χ4n) is 4.51. The Morgan fingerprint density at radius 2 is 1.73 bits per heavy atom. The van der Waals surface area contributed by atoms with Gasteiger partial charge >= 0.3 is 181 Å². The summed E-state index contributed by atoms with van der Waals surface area (Å²) < 4.78 is 2.52. The molecule has 0 atom stereocenters. The molecule has 0 saturated heterocycles. The fourth-order valence-corrected chi connectivity index (χ4v) is 7.09. The molecule has 2 aliphatic carbocycles. The van der Waals surface area contributed by atoms with E-state index in [1.54, 1.807) is 6.07 Å². The van der Waals surface area contributed by atoms with E-state index in [0.717, 1.165) is 4.44 Å². The van der Waals surface area contributed by atoms with Crippen LogP contribution in [0.2, 0.25) is 0 Å². The third kappa shape index (κ3) is 2.45. The van der Waals surface area contributed by atoms with Gasteiger partial charge in [-0.2, -0.15) is 0 Å². The van der Waals surface area contributed by atoms with Gasteiger partial charge in [-0.15, -0.1) is 0 Å². The zero-order chi connectivity index (χ0) is 21.0. The van der Waals surface area contributed by atoms with Crippen molar-refractivity contribution >= 4 is 31.9 Å². The molecule has 0 N–H and O–H groups in total. The zero-order valence-electron chi connectivity index (χ0n) is 16.5. The molecular weight excluding hydrogens is 435 g/mol. The number of carbonyl (C=O) groups excluding carboxylic acids is 1. The van der Waals surface area contributed by atoms with Gasteiger partial charge in [0.05, 0.1) is 0 Å². The van der Waals surface area contributed by atoms with Crippen molar-refractivity contribution in [2.75, 3.05) is 0 Å². The number of nitrogens with zero attached hydrogens (tertiary/aromatic N) is 2. The Labute approximate surface area is 181 Å². The summed E-state index contributed by atoms with van der Waals surface area (Å²) in [6.45, 7) is 11.9. The SMILES string of the molecule is [C-]#[N+]/C(C#N)=C1\C(=C\c2cc3c([se]2)C(C)(C)c2ccccc2-3)C(=O)c2ccccc21. The number of allylic oxidation sites excluding steroid dienone is 3. The minimum atomic E-state index is -0.111. The Hall–Kier alpha value is -3.43. The molecule has 2 aliphatic rings. The number of ketones is 1. The molecule has 0 aliphatic heterocycles. The first kappa shape index (κ1) is 18.6. The van der Waals surface area contributed by atoms with Crippen molar-refractivity contribution in [1.82, 2.24) is 0 Å². The second-order valence-corrected chi connectivity index (χ2v) is 10.2. The van der Waals surface area contributed by atoms with Crippen LogP contribution in [-0.2, 0) is 5.41 Å². The van der Waals surface area contributed by atoms with E-state index in [0.29, 0.717) is 22.3 Å². The first-order valence-electron chi connectivity index (χ1n) is 9.59. The summed E-state index contributed by atoms with van der Waals surface area (Å²) in [5.41, 5.74) is 6.00. The van der Waals surface area contributed by atoms with Crippen molar-refractivity contribution < 1.29 is 4.79 Å². The van der Waals surface area contributed by atoms with Crippen LogP contribution in [0, 0.1) is 17.9 Å². The molecule has 0 spiro atoms. The van der Waals surface area contributed by atoms with Crippen LogP contribution in [0.15, 0.2) is 65.9 Å². The van der Waals surface area contributed by atoms with E-state index in [2.05, 4.69) is 49.0 Å². The predicted molar refractivity (Wildman–Crippen MR) is 119 cm³/mol. The van der Waals surface area contributed by atoms with E-state index in [4.69, 9.17) is 6.57 Å². The quantitative estimate of drug-likeness (QED) is 0.213. The summed E-state index contributed by atoms with van der Waals surface area (Å²) in [6, 6.07) is 19.9. The molecule has 0 bridgehead atoms. The number of carbonyl (C=O) groups is 1. The normalized spacial score (nSPS) is 18.4. The van der Waals surface area contributed by atoms with Crippen molar-refractivity contribution in [1.29, 1.82) is 5.26 Å². The van der Waals surface area contributed by atoms with E-state index in [-0.39, 0.29) is 31.4 Å². The van der Waals surface area contributed by atoms with Crippen molar-refractivity contribution in [2.45, 2.75) is 19.3 Å². The van der Waals surface area contributed by atoms with Crippen LogP contribution in [0.5, 0.6) is 0 Å². The second kappa shape index (κ2) is 6.54. The summed E-state index contributed by atoms with van der Waals surface area (Å²) in [4.78, 5) is 16.6. The van der Waals surface area contributed by atoms with E-state index in [9.17, 15) is 10.1 Å².